The van der Waals surface area contributed by atoms with Crippen LogP contribution in [-0.2, 0) is 9.59 Å². The number of anilines is 1. The number of amides is 4. The molecule has 1 aliphatic rings. The smallest absolute Gasteiger partial charge is 0.335 e. The van der Waals surface area contributed by atoms with E-state index in [2.05, 4.69) is 27.9 Å². The summed E-state index contributed by atoms with van der Waals surface area (Å²) in [4.78, 5) is 39.2. The summed E-state index contributed by atoms with van der Waals surface area (Å²) in [5, 5.41) is 2.27. The molecule has 168 valence electrons. The van der Waals surface area contributed by atoms with E-state index in [1.807, 2.05) is 39.8 Å². The molecule has 32 heavy (non-hydrogen) atoms. The van der Waals surface area contributed by atoms with Gasteiger partial charge in [0.2, 0.25) is 0 Å². The number of hydrogen-bond donors (Lipinski definition) is 1. The van der Waals surface area contributed by atoms with Crippen molar-refractivity contribution in [2.75, 3.05) is 18.1 Å². The quantitative estimate of drug-likeness (QED) is 0.307. The van der Waals surface area contributed by atoms with Crippen LogP contribution < -0.4 is 19.7 Å². The van der Waals surface area contributed by atoms with Gasteiger partial charge in [0.25, 0.3) is 11.8 Å². The number of hydrogen-bond acceptors (Lipinski definition) is 5. The Balaban J connectivity index is 2.03. The molecular formula is C24H25IN2O5. The highest BCUT2D eigenvalue weighted by molar-refractivity contribution is 14.1. The third-order valence-electron chi connectivity index (χ3n) is 4.79. The zero-order chi connectivity index (χ0) is 23.4. The van der Waals surface area contributed by atoms with Crippen LogP contribution in [0.5, 0.6) is 11.5 Å². The van der Waals surface area contributed by atoms with Crippen molar-refractivity contribution < 1.29 is 23.9 Å². The van der Waals surface area contributed by atoms with Crippen LogP contribution in [0.3, 0.4) is 0 Å². The van der Waals surface area contributed by atoms with E-state index in [0.717, 1.165) is 26.0 Å². The number of urea groups is 1. The molecule has 8 heteroatoms. The molecule has 2 aromatic carbocycles. The molecule has 0 spiro atoms. The van der Waals surface area contributed by atoms with Crippen LogP contribution in [0.15, 0.2) is 35.9 Å². The molecule has 1 saturated heterocycles. The van der Waals surface area contributed by atoms with Crippen LogP contribution in [-0.4, -0.2) is 31.1 Å². The number of benzene rings is 2. The Morgan fingerprint density at radius 2 is 1.81 bits per heavy atom. The predicted octanol–water partition coefficient (Wildman–Crippen LogP) is 4.76. The van der Waals surface area contributed by atoms with Gasteiger partial charge in [-0.1, -0.05) is 24.6 Å². The molecule has 0 radical (unpaired) electrons. The van der Waals surface area contributed by atoms with Crippen LogP contribution in [0.1, 0.15) is 37.0 Å². The number of ether oxygens (including phenoxy) is 2. The molecule has 1 heterocycles. The summed E-state index contributed by atoms with van der Waals surface area (Å²) in [6, 6.07) is 8.15. The minimum Gasteiger partial charge on any atom is -0.490 e. The monoisotopic (exact) mass is 548 g/mol. The second kappa shape index (κ2) is 10.2. The first-order valence-electron chi connectivity index (χ1n) is 10.3. The zero-order valence-corrected chi connectivity index (χ0v) is 20.6. The van der Waals surface area contributed by atoms with Gasteiger partial charge in [-0.2, -0.15) is 0 Å². The van der Waals surface area contributed by atoms with Crippen LogP contribution in [0.4, 0.5) is 10.5 Å². The maximum Gasteiger partial charge on any atom is 0.335 e. The summed E-state index contributed by atoms with van der Waals surface area (Å²) in [5.41, 5.74) is 2.66. The number of barbiturate groups is 1. The van der Waals surface area contributed by atoms with E-state index in [0.29, 0.717) is 36.0 Å². The van der Waals surface area contributed by atoms with Gasteiger partial charge >= 0.3 is 6.03 Å². The fourth-order valence-corrected chi connectivity index (χ4v) is 4.16. The van der Waals surface area contributed by atoms with E-state index in [4.69, 9.17) is 9.47 Å². The standard InChI is InChI=1S/C24H25IN2O5/c1-5-9-32-21-18(25)12-16(13-20(21)31-6-2)11-17-22(28)26-24(30)27(23(17)29)19-8-7-14(3)10-15(19)4/h7-8,10-13H,5-6,9H2,1-4H3,(H,26,28,30)/b17-11+. The Bertz CT molecular complexity index is 1110. The molecule has 3 rings (SSSR count). The van der Waals surface area contributed by atoms with Crippen molar-refractivity contribution in [2.45, 2.75) is 34.1 Å². The van der Waals surface area contributed by atoms with Crippen LogP contribution >= 0.6 is 22.6 Å². The summed E-state index contributed by atoms with van der Waals surface area (Å²) in [5.74, 6) is -0.251. The van der Waals surface area contributed by atoms with Crippen molar-refractivity contribution in [1.82, 2.24) is 5.32 Å². The SMILES string of the molecule is CCCOc1c(I)cc(/C=C2\C(=O)NC(=O)N(c3ccc(C)cc3C)C2=O)cc1OCC. The molecule has 0 atom stereocenters. The van der Waals surface area contributed by atoms with Crippen molar-refractivity contribution in [3.05, 3.63) is 56.2 Å². The normalized spacial score (nSPS) is 15.2. The fraction of sp³-hybridized carbons (Fsp3) is 0.292. The molecule has 0 unspecified atom stereocenters. The molecule has 1 fully saturated rings. The van der Waals surface area contributed by atoms with E-state index >= 15 is 0 Å². The number of carbonyl (C=O) groups is 3. The number of nitrogens with zero attached hydrogens (tertiary/aromatic N) is 1. The highest BCUT2D eigenvalue weighted by Gasteiger charge is 2.37. The first-order chi connectivity index (χ1) is 15.3. The van der Waals surface area contributed by atoms with Gasteiger partial charge in [-0.05, 0) is 85.2 Å². The van der Waals surface area contributed by atoms with Crippen molar-refractivity contribution in [2.24, 2.45) is 0 Å². The molecule has 0 saturated carbocycles. The van der Waals surface area contributed by atoms with Gasteiger partial charge in [-0.3, -0.25) is 14.9 Å². The third kappa shape index (κ3) is 4.95. The summed E-state index contributed by atoms with van der Waals surface area (Å²) in [7, 11) is 0. The highest BCUT2D eigenvalue weighted by atomic mass is 127. The number of carbonyl (C=O) groups excluding carboxylic acids is 3. The van der Waals surface area contributed by atoms with Crippen molar-refractivity contribution in [3.63, 3.8) is 0 Å². The molecule has 1 aliphatic heterocycles. The minimum absolute atomic E-state index is 0.134. The van der Waals surface area contributed by atoms with Gasteiger partial charge in [0.15, 0.2) is 11.5 Å². The van der Waals surface area contributed by atoms with E-state index in [9.17, 15) is 14.4 Å². The van der Waals surface area contributed by atoms with Crippen molar-refractivity contribution in [1.29, 1.82) is 0 Å². The zero-order valence-electron chi connectivity index (χ0n) is 18.5. The fourth-order valence-electron chi connectivity index (χ4n) is 3.38. The first-order valence-corrected chi connectivity index (χ1v) is 11.4. The summed E-state index contributed by atoms with van der Waals surface area (Å²) in [6.07, 6.45) is 2.32. The van der Waals surface area contributed by atoms with Crippen LogP contribution in [0, 0.1) is 17.4 Å². The molecule has 0 aliphatic carbocycles. The molecule has 0 aromatic heterocycles. The largest absolute Gasteiger partial charge is 0.490 e. The molecule has 0 bridgehead atoms. The van der Waals surface area contributed by atoms with E-state index < -0.39 is 17.8 Å². The van der Waals surface area contributed by atoms with Gasteiger partial charge in [0.1, 0.15) is 5.57 Å². The van der Waals surface area contributed by atoms with Gasteiger partial charge in [0, 0.05) is 0 Å². The molecule has 1 N–H and O–H groups in total. The molecular weight excluding hydrogens is 523 g/mol. The Hall–Kier alpha value is -2.88. The average molecular weight is 548 g/mol. The third-order valence-corrected chi connectivity index (χ3v) is 5.59. The minimum atomic E-state index is -0.767. The topological polar surface area (TPSA) is 84.9 Å². The average Bonchev–Trinajstić information content (AvgIpc) is 2.72. The van der Waals surface area contributed by atoms with E-state index in [1.54, 1.807) is 18.2 Å². The number of aryl methyl sites for hydroxylation is 2. The Morgan fingerprint density at radius 1 is 1.06 bits per heavy atom. The maximum absolute atomic E-state index is 13.2. The number of rotatable bonds is 7. The Morgan fingerprint density at radius 3 is 2.47 bits per heavy atom. The lowest BCUT2D eigenvalue weighted by Gasteiger charge is -2.27. The molecule has 4 amide bonds. The Labute approximate surface area is 200 Å². The van der Waals surface area contributed by atoms with Gasteiger partial charge in [-0.15, -0.1) is 0 Å². The molecule has 2 aromatic rings. The lowest BCUT2D eigenvalue weighted by Crippen LogP contribution is -2.54. The van der Waals surface area contributed by atoms with Crippen LogP contribution in [0.25, 0.3) is 6.08 Å². The summed E-state index contributed by atoms with van der Waals surface area (Å²) < 4.78 is 12.3. The maximum atomic E-state index is 13.2. The Kier molecular flexibility index (Phi) is 7.55. The van der Waals surface area contributed by atoms with E-state index in [1.165, 1.54) is 6.08 Å². The predicted molar refractivity (Wildman–Crippen MR) is 131 cm³/mol. The lowest BCUT2D eigenvalue weighted by atomic mass is 10.0. The number of halogens is 1. The van der Waals surface area contributed by atoms with Gasteiger partial charge in [-0.25, -0.2) is 9.69 Å². The van der Waals surface area contributed by atoms with Gasteiger partial charge < -0.3 is 9.47 Å². The number of nitrogens with one attached hydrogen (secondary N) is 1. The second-order valence-electron chi connectivity index (χ2n) is 7.36. The molecule has 7 nitrogen and oxygen atoms in total. The van der Waals surface area contributed by atoms with Crippen molar-refractivity contribution >= 4 is 52.2 Å². The summed E-state index contributed by atoms with van der Waals surface area (Å²) in [6.45, 7) is 8.61. The first kappa shape index (κ1) is 23.8. The van der Waals surface area contributed by atoms with Crippen molar-refractivity contribution in [3.8, 4) is 11.5 Å². The van der Waals surface area contributed by atoms with Gasteiger partial charge in [0.05, 0.1) is 22.5 Å². The highest BCUT2D eigenvalue weighted by Crippen LogP contribution is 2.35. The second-order valence-corrected chi connectivity index (χ2v) is 8.52. The lowest BCUT2D eigenvalue weighted by molar-refractivity contribution is -0.122. The number of imide groups is 2. The van der Waals surface area contributed by atoms with E-state index in [-0.39, 0.29) is 5.57 Å². The summed E-state index contributed by atoms with van der Waals surface area (Å²) >= 11 is 2.14. The van der Waals surface area contributed by atoms with Crippen LogP contribution in [0.2, 0.25) is 0 Å².